The summed E-state index contributed by atoms with van der Waals surface area (Å²) in [5.41, 5.74) is 1.98. The highest BCUT2D eigenvalue weighted by Gasteiger charge is 2.07. The summed E-state index contributed by atoms with van der Waals surface area (Å²) < 4.78 is 4.98. The lowest BCUT2D eigenvalue weighted by molar-refractivity contribution is 0.494. The maximum absolute atomic E-state index is 11.7. The summed E-state index contributed by atoms with van der Waals surface area (Å²) in [4.78, 5) is 11.7. The van der Waals surface area contributed by atoms with Gasteiger partial charge < -0.3 is 4.42 Å². The van der Waals surface area contributed by atoms with Crippen molar-refractivity contribution in [3.8, 4) is 0 Å². The zero-order valence-corrected chi connectivity index (χ0v) is 11.1. The largest absolute Gasteiger partial charge is 0.431 e. The van der Waals surface area contributed by atoms with Crippen LogP contribution in [0.15, 0.2) is 21.5 Å². The molecule has 0 saturated carbocycles. The van der Waals surface area contributed by atoms with E-state index in [2.05, 4.69) is 13.8 Å². The van der Waals surface area contributed by atoms with Gasteiger partial charge in [-0.25, -0.2) is 4.79 Å². The third-order valence-corrected chi connectivity index (χ3v) is 3.16. The molecule has 0 aromatic carbocycles. The molecular formula is C15H24O2. The third-order valence-electron chi connectivity index (χ3n) is 3.16. The summed E-state index contributed by atoms with van der Waals surface area (Å²) >= 11 is 0. The Hall–Kier alpha value is -1.05. The lowest BCUT2D eigenvalue weighted by Gasteiger charge is -2.06. The highest BCUT2D eigenvalue weighted by Crippen LogP contribution is 2.12. The van der Waals surface area contributed by atoms with Gasteiger partial charge in [0, 0.05) is 5.56 Å². The minimum Gasteiger partial charge on any atom is -0.431 e. The average Bonchev–Trinajstić information content (AvgIpc) is 2.33. The molecule has 0 saturated heterocycles. The Labute approximate surface area is 104 Å². The first-order chi connectivity index (χ1) is 8.29. The van der Waals surface area contributed by atoms with Crippen molar-refractivity contribution in [3.05, 3.63) is 33.9 Å². The Morgan fingerprint density at radius 1 is 1.00 bits per heavy atom. The fourth-order valence-electron chi connectivity index (χ4n) is 2.09. The molecule has 0 unspecified atom stereocenters. The van der Waals surface area contributed by atoms with E-state index in [1.54, 1.807) is 0 Å². The smallest absolute Gasteiger partial charge is 0.339 e. The van der Waals surface area contributed by atoms with E-state index in [9.17, 15) is 4.79 Å². The summed E-state index contributed by atoms with van der Waals surface area (Å²) in [7, 11) is 0. The van der Waals surface area contributed by atoms with Crippen molar-refractivity contribution in [2.24, 2.45) is 0 Å². The van der Waals surface area contributed by atoms with Crippen molar-refractivity contribution < 1.29 is 4.42 Å². The highest BCUT2D eigenvalue weighted by molar-refractivity contribution is 5.22. The van der Waals surface area contributed by atoms with Crippen molar-refractivity contribution in [3.63, 3.8) is 0 Å². The maximum Gasteiger partial charge on any atom is 0.339 e. The van der Waals surface area contributed by atoms with E-state index in [1.807, 2.05) is 6.07 Å². The first kappa shape index (κ1) is 14.0. The second-order valence-corrected chi connectivity index (χ2v) is 4.63. The number of unbranched alkanes of at least 4 members (excludes halogenated alkanes) is 4. The van der Waals surface area contributed by atoms with Gasteiger partial charge in [-0.1, -0.05) is 39.5 Å². The number of aryl methyl sites for hydroxylation is 1. The van der Waals surface area contributed by atoms with E-state index in [0.29, 0.717) is 0 Å². The molecule has 1 heterocycles. The Bertz CT molecular complexity index is 365. The Morgan fingerprint density at radius 2 is 1.65 bits per heavy atom. The van der Waals surface area contributed by atoms with Crippen LogP contribution in [-0.4, -0.2) is 0 Å². The van der Waals surface area contributed by atoms with Gasteiger partial charge in [0.2, 0.25) is 0 Å². The Morgan fingerprint density at radius 3 is 2.29 bits per heavy atom. The van der Waals surface area contributed by atoms with Crippen LogP contribution in [0.25, 0.3) is 0 Å². The molecule has 1 aromatic heterocycles. The second kappa shape index (κ2) is 8.10. The predicted octanol–water partition coefficient (Wildman–Crippen LogP) is 4.11. The van der Waals surface area contributed by atoms with E-state index in [-0.39, 0.29) is 5.63 Å². The molecule has 0 fully saturated rings. The molecule has 0 radical (unpaired) electrons. The van der Waals surface area contributed by atoms with E-state index in [1.165, 1.54) is 43.9 Å². The van der Waals surface area contributed by atoms with Gasteiger partial charge in [-0.3, -0.25) is 0 Å². The van der Waals surface area contributed by atoms with Gasteiger partial charge in [0.25, 0.3) is 0 Å². The van der Waals surface area contributed by atoms with E-state index in [4.69, 9.17) is 4.42 Å². The van der Waals surface area contributed by atoms with Gasteiger partial charge in [0.1, 0.15) is 0 Å². The van der Waals surface area contributed by atoms with Crippen LogP contribution in [0.2, 0.25) is 0 Å². The van der Waals surface area contributed by atoms with Crippen molar-refractivity contribution in [1.82, 2.24) is 0 Å². The highest BCUT2D eigenvalue weighted by atomic mass is 16.4. The quantitative estimate of drug-likeness (QED) is 0.636. The van der Waals surface area contributed by atoms with Gasteiger partial charge in [-0.15, -0.1) is 0 Å². The van der Waals surface area contributed by atoms with Crippen LogP contribution in [-0.2, 0) is 12.8 Å². The topological polar surface area (TPSA) is 30.2 Å². The molecule has 0 N–H and O–H groups in total. The van der Waals surface area contributed by atoms with Gasteiger partial charge >= 0.3 is 5.63 Å². The van der Waals surface area contributed by atoms with Crippen molar-refractivity contribution in [2.45, 2.75) is 65.2 Å². The first-order valence-corrected chi connectivity index (χ1v) is 6.89. The average molecular weight is 236 g/mol. The molecule has 0 aliphatic heterocycles. The normalized spacial score (nSPS) is 10.7. The minimum atomic E-state index is -0.130. The van der Waals surface area contributed by atoms with Gasteiger partial charge in [0.05, 0.1) is 6.26 Å². The zero-order chi connectivity index (χ0) is 12.5. The van der Waals surface area contributed by atoms with E-state index in [0.717, 1.165) is 24.8 Å². The Kier molecular flexibility index (Phi) is 6.68. The molecule has 0 aliphatic carbocycles. The second-order valence-electron chi connectivity index (χ2n) is 4.63. The summed E-state index contributed by atoms with van der Waals surface area (Å²) in [6, 6.07) is 1.97. The number of hydrogen-bond donors (Lipinski definition) is 0. The molecule has 0 spiro atoms. The molecule has 0 aliphatic rings. The number of hydrogen-bond acceptors (Lipinski definition) is 2. The SMILES string of the molecule is CCCCCc1ccoc(=O)c1CCCCC. The molecule has 2 nitrogen and oxygen atoms in total. The molecule has 2 heteroatoms. The fraction of sp³-hybridized carbons (Fsp3) is 0.667. The summed E-state index contributed by atoms with van der Waals surface area (Å²) in [6.45, 7) is 4.37. The Balaban J connectivity index is 2.66. The monoisotopic (exact) mass is 236 g/mol. The molecule has 96 valence electrons. The van der Waals surface area contributed by atoms with Crippen LogP contribution in [0.4, 0.5) is 0 Å². The van der Waals surface area contributed by atoms with Crippen LogP contribution >= 0.6 is 0 Å². The van der Waals surface area contributed by atoms with Gasteiger partial charge in [-0.05, 0) is 37.3 Å². The first-order valence-electron chi connectivity index (χ1n) is 6.89. The molecule has 1 rings (SSSR count). The van der Waals surface area contributed by atoms with Gasteiger partial charge in [-0.2, -0.15) is 0 Å². The van der Waals surface area contributed by atoms with Crippen LogP contribution in [0.5, 0.6) is 0 Å². The van der Waals surface area contributed by atoms with Gasteiger partial charge in [0.15, 0.2) is 0 Å². The zero-order valence-electron chi connectivity index (χ0n) is 11.1. The van der Waals surface area contributed by atoms with Crippen LogP contribution in [0, 0.1) is 0 Å². The molecule has 17 heavy (non-hydrogen) atoms. The predicted molar refractivity (Wildman–Crippen MR) is 71.4 cm³/mol. The third kappa shape index (κ3) is 4.76. The minimum absolute atomic E-state index is 0.130. The standard InChI is InChI=1S/C15H24O2/c1-3-5-7-9-13-11-12-17-15(16)14(13)10-8-6-4-2/h11-12H,3-10H2,1-2H3. The van der Waals surface area contributed by atoms with Crippen molar-refractivity contribution in [2.75, 3.05) is 0 Å². The summed E-state index contributed by atoms with van der Waals surface area (Å²) in [6.07, 6.45) is 10.5. The van der Waals surface area contributed by atoms with Crippen LogP contribution in [0.1, 0.15) is 63.5 Å². The van der Waals surface area contributed by atoms with E-state index < -0.39 is 0 Å². The molecule has 0 atom stereocenters. The number of rotatable bonds is 8. The van der Waals surface area contributed by atoms with Crippen molar-refractivity contribution >= 4 is 0 Å². The summed E-state index contributed by atoms with van der Waals surface area (Å²) in [5, 5.41) is 0. The fourth-order valence-corrected chi connectivity index (χ4v) is 2.09. The summed E-state index contributed by atoms with van der Waals surface area (Å²) in [5.74, 6) is 0. The van der Waals surface area contributed by atoms with Crippen LogP contribution < -0.4 is 5.63 Å². The molecule has 0 amide bonds. The lowest BCUT2D eigenvalue weighted by Crippen LogP contribution is -2.11. The van der Waals surface area contributed by atoms with E-state index >= 15 is 0 Å². The van der Waals surface area contributed by atoms with Crippen molar-refractivity contribution in [1.29, 1.82) is 0 Å². The maximum atomic E-state index is 11.7. The van der Waals surface area contributed by atoms with Crippen LogP contribution in [0.3, 0.4) is 0 Å². The lowest BCUT2D eigenvalue weighted by atomic mass is 9.99. The molecular weight excluding hydrogens is 212 g/mol. The molecule has 1 aromatic rings. The molecule has 0 bridgehead atoms.